The highest BCUT2D eigenvalue weighted by Crippen LogP contribution is 2.55. The van der Waals surface area contributed by atoms with Gasteiger partial charge in [-0.25, -0.2) is 4.98 Å². The molecule has 0 N–H and O–H groups in total. The van der Waals surface area contributed by atoms with Gasteiger partial charge in [-0.1, -0.05) is 162 Å². The second-order valence-corrected chi connectivity index (χ2v) is 13.7. The van der Waals surface area contributed by atoms with Crippen LogP contribution in [0.3, 0.4) is 0 Å². The van der Waals surface area contributed by atoms with E-state index < -0.39 is 0 Å². The maximum absolute atomic E-state index is 5.21. The summed E-state index contributed by atoms with van der Waals surface area (Å²) in [7, 11) is 0. The van der Waals surface area contributed by atoms with Crippen LogP contribution in [0.25, 0.3) is 61.7 Å². The largest absolute Gasteiger partial charge is 0.278 e. The zero-order valence-corrected chi connectivity index (χ0v) is 28.7. The maximum Gasteiger partial charge on any atom is 0.238 e. The minimum Gasteiger partial charge on any atom is -0.278 e. The Hall–Kier alpha value is -5.09. The van der Waals surface area contributed by atoms with Gasteiger partial charge in [0.15, 0.2) is 11.6 Å². The highest BCUT2D eigenvalue weighted by molar-refractivity contribution is 6.11. The topological polar surface area (TPSA) is 43.6 Å². The molecule has 2 heterocycles. The first-order valence-electron chi connectivity index (χ1n) is 18.3. The van der Waals surface area contributed by atoms with Crippen LogP contribution in [-0.4, -0.2) is 19.5 Å². The van der Waals surface area contributed by atoms with E-state index in [1.165, 1.54) is 90.8 Å². The molecule has 0 spiro atoms. The van der Waals surface area contributed by atoms with E-state index in [-0.39, 0.29) is 5.41 Å². The fraction of sp³-hybridized carbons (Fsp3) is 0.267. The molecule has 0 saturated heterocycles. The van der Waals surface area contributed by atoms with Crippen molar-refractivity contribution >= 4 is 21.8 Å². The summed E-state index contributed by atoms with van der Waals surface area (Å²) in [6, 6.07) is 43.5. The number of hydrogen-bond acceptors (Lipinski definition) is 3. The third-order valence-corrected chi connectivity index (χ3v) is 10.6. The molecule has 2 aromatic heterocycles. The molecule has 7 aromatic rings. The van der Waals surface area contributed by atoms with Crippen molar-refractivity contribution in [1.82, 2.24) is 19.5 Å². The van der Waals surface area contributed by atoms with E-state index >= 15 is 0 Å². The first-order chi connectivity index (χ1) is 24.2. The molecular weight excluding hydrogens is 597 g/mol. The molecule has 8 rings (SSSR count). The van der Waals surface area contributed by atoms with Crippen molar-refractivity contribution in [3.8, 4) is 39.9 Å². The van der Waals surface area contributed by atoms with Crippen LogP contribution in [0.1, 0.15) is 82.8 Å². The number of fused-ring (bicyclic) bond motifs is 6. The monoisotopic (exact) mass is 640 g/mol. The minimum absolute atomic E-state index is 0.00614. The molecule has 0 saturated carbocycles. The molecule has 0 fully saturated rings. The Kier molecular flexibility index (Phi) is 8.55. The number of hydrogen-bond donors (Lipinski definition) is 0. The summed E-state index contributed by atoms with van der Waals surface area (Å²) in [6.45, 7) is 4.62. The lowest BCUT2D eigenvalue weighted by Crippen LogP contribution is -2.25. The fourth-order valence-corrected chi connectivity index (χ4v) is 8.22. The van der Waals surface area contributed by atoms with E-state index in [4.69, 9.17) is 15.0 Å². The van der Waals surface area contributed by atoms with Gasteiger partial charge in [0.1, 0.15) is 0 Å². The average molecular weight is 641 g/mol. The molecule has 0 radical (unpaired) electrons. The van der Waals surface area contributed by atoms with Gasteiger partial charge < -0.3 is 0 Å². The molecular formula is C45H44N4. The van der Waals surface area contributed by atoms with E-state index in [9.17, 15) is 0 Å². The average Bonchev–Trinajstić information content (AvgIpc) is 3.63. The van der Waals surface area contributed by atoms with Crippen LogP contribution in [0.15, 0.2) is 121 Å². The van der Waals surface area contributed by atoms with Crippen LogP contribution in [0.5, 0.6) is 0 Å². The number of nitrogens with zero attached hydrogens (tertiary/aromatic N) is 4. The number of para-hydroxylation sites is 1. The van der Waals surface area contributed by atoms with Gasteiger partial charge >= 0.3 is 0 Å². The predicted molar refractivity (Wildman–Crippen MR) is 204 cm³/mol. The van der Waals surface area contributed by atoms with Gasteiger partial charge in [-0.15, -0.1) is 0 Å². The van der Waals surface area contributed by atoms with Gasteiger partial charge in [-0.2, -0.15) is 9.97 Å². The van der Waals surface area contributed by atoms with Crippen molar-refractivity contribution in [1.29, 1.82) is 0 Å². The molecule has 244 valence electrons. The highest BCUT2D eigenvalue weighted by atomic mass is 15.2. The van der Waals surface area contributed by atoms with Gasteiger partial charge in [-0.3, -0.25) is 4.57 Å². The van der Waals surface area contributed by atoms with Crippen LogP contribution in [0.2, 0.25) is 0 Å². The Labute approximate surface area is 289 Å². The summed E-state index contributed by atoms with van der Waals surface area (Å²) >= 11 is 0. The highest BCUT2D eigenvalue weighted by Gasteiger charge is 2.42. The quantitative estimate of drug-likeness (QED) is 0.125. The lowest BCUT2D eigenvalue weighted by Gasteiger charge is -2.33. The van der Waals surface area contributed by atoms with E-state index in [0.717, 1.165) is 22.2 Å². The summed E-state index contributed by atoms with van der Waals surface area (Å²) in [5.41, 5.74) is 9.99. The lowest BCUT2D eigenvalue weighted by molar-refractivity contribution is 0.403. The zero-order chi connectivity index (χ0) is 33.2. The summed E-state index contributed by atoms with van der Waals surface area (Å²) in [5, 5.41) is 2.45. The van der Waals surface area contributed by atoms with Gasteiger partial charge in [0, 0.05) is 27.3 Å². The molecule has 49 heavy (non-hydrogen) atoms. The van der Waals surface area contributed by atoms with Crippen LogP contribution in [-0.2, 0) is 5.41 Å². The Morgan fingerprint density at radius 1 is 0.490 bits per heavy atom. The SMILES string of the molecule is CCCCCCC1(CCCCC)c2ccccc2-c2cc3c4ccccc4n(-c4nc(-c5ccccc5)nc(-c5ccccc5)n4)c3cc21. The second kappa shape index (κ2) is 13.4. The molecule has 1 aliphatic carbocycles. The standard InChI is InChI=1S/C45H44N4/c1-3-5-7-19-29-45(28-18-6-4-2)38-26-16-14-24-34(38)36-30-37-35-25-15-17-27-40(35)49(41(37)31-39(36)45)44-47-42(32-20-10-8-11-21-32)46-43(48-44)33-22-12-9-13-23-33/h8-17,20-27,30-31H,3-7,18-19,28-29H2,1-2H3. The first-order valence-corrected chi connectivity index (χ1v) is 18.3. The lowest BCUT2D eigenvalue weighted by atomic mass is 9.70. The molecule has 1 unspecified atom stereocenters. The molecule has 1 aliphatic rings. The number of unbranched alkanes of at least 4 members (excludes halogenated alkanes) is 5. The number of benzene rings is 5. The summed E-state index contributed by atoms with van der Waals surface area (Å²) in [5.74, 6) is 2.00. The van der Waals surface area contributed by atoms with Crippen molar-refractivity contribution in [3.05, 3.63) is 132 Å². The van der Waals surface area contributed by atoms with E-state index in [1.807, 2.05) is 36.4 Å². The second-order valence-electron chi connectivity index (χ2n) is 13.7. The van der Waals surface area contributed by atoms with Crippen molar-refractivity contribution in [2.24, 2.45) is 0 Å². The minimum atomic E-state index is -0.00614. The Bertz CT molecular complexity index is 2180. The van der Waals surface area contributed by atoms with E-state index in [0.29, 0.717) is 17.6 Å². The van der Waals surface area contributed by atoms with Gasteiger partial charge in [-0.05, 0) is 53.3 Å². The predicted octanol–water partition coefficient (Wildman–Crippen LogP) is 12.1. The Morgan fingerprint density at radius 2 is 1.08 bits per heavy atom. The molecule has 0 amide bonds. The van der Waals surface area contributed by atoms with Crippen LogP contribution < -0.4 is 0 Å². The molecule has 4 heteroatoms. The Morgan fingerprint density at radius 3 is 1.78 bits per heavy atom. The third kappa shape index (κ3) is 5.53. The van der Waals surface area contributed by atoms with Crippen molar-refractivity contribution in [2.75, 3.05) is 0 Å². The van der Waals surface area contributed by atoms with Crippen molar-refractivity contribution < 1.29 is 0 Å². The van der Waals surface area contributed by atoms with Crippen LogP contribution >= 0.6 is 0 Å². The summed E-state index contributed by atoms with van der Waals surface area (Å²) in [6.07, 6.45) is 11.1. The van der Waals surface area contributed by atoms with E-state index in [1.54, 1.807) is 0 Å². The van der Waals surface area contributed by atoms with Crippen molar-refractivity contribution in [3.63, 3.8) is 0 Å². The smallest absolute Gasteiger partial charge is 0.238 e. The zero-order valence-electron chi connectivity index (χ0n) is 28.7. The van der Waals surface area contributed by atoms with Crippen LogP contribution in [0.4, 0.5) is 0 Å². The third-order valence-electron chi connectivity index (χ3n) is 10.6. The number of aromatic nitrogens is 4. The van der Waals surface area contributed by atoms with E-state index in [2.05, 4.69) is 103 Å². The summed E-state index contributed by atoms with van der Waals surface area (Å²) < 4.78 is 2.29. The molecule has 5 aromatic carbocycles. The van der Waals surface area contributed by atoms with Gasteiger partial charge in [0.2, 0.25) is 5.95 Å². The van der Waals surface area contributed by atoms with Crippen molar-refractivity contribution in [2.45, 2.75) is 77.0 Å². The molecule has 0 aliphatic heterocycles. The molecule has 1 atom stereocenters. The normalized spacial score (nSPS) is 15.1. The van der Waals surface area contributed by atoms with Crippen LogP contribution in [0, 0.1) is 0 Å². The molecule has 0 bridgehead atoms. The number of rotatable bonds is 12. The van der Waals surface area contributed by atoms with Gasteiger partial charge in [0.05, 0.1) is 11.0 Å². The maximum atomic E-state index is 5.21. The first kappa shape index (κ1) is 31.2. The van der Waals surface area contributed by atoms with Gasteiger partial charge in [0.25, 0.3) is 0 Å². The molecule has 4 nitrogen and oxygen atoms in total. The Balaban J connectivity index is 1.40. The fourth-order valence-electron chi connectivity index (χ4n) is 8.22. The summed E-state index contributed by atoms with van der Waals surface area (Å²) in [4.78, 5) is 15.4.